The van der Waals surface area contributed by atoms with Gasteiger partial charge < -0.3 is 4.74 Å². The summed E-state index contributed by atoms with van der Waals surface area (Å²) >= 11 is 0. The molecular weight excluding hydrogens is 425 g/mol. The maximum absolute atomic E-state index is 13.0. The molecule has 12 heteroatoms. The van der Waals surface area contributed by atoms with Crippen LogP contribution >= 0.6 is 0 Å². The van der Waals surface area contributed by atoms with E-state index >= 15 is 0 Å². The number of fused-ring (bicyclic) bond motifs is 3. The molecule has 0 bridgehead atoms. The largest absolute Gasteiger partial charge is 0.451 e. The Morgan fingerprint density at radius 1 is 1.10 bits per heavy atom. The Morgan fingerprint density at radius 3 is 2.47 bits per heavy atom. The van der Waals surface area contributed by atoms with E-state index in [1.165, 1.54) is 42.5 Å². The zero-order valence-corrected chi connectivity index (χ0v) is 15.8. The van der Waals surface area contributed by atoms with E-state index in [1.807, 2.05) is 0 Å². The SMILES string of the molecule is O=C(OC(CC(F)(F)F)c1ccccc1)c1nc2n(n1)-c1ccccc1S(=O)(=O)N2. The van der Waals surface area contributed by atoms with Crippen LogP contribution in [0, 0.1) is 0 Å². The van der Waals surface area contributed by atoms with E-state index in [9.17, 15) is 26.4 Å². The number of alkyl halides is 3. The first-order chi connectivity index (χ1) is 14.1. The van der Waals surface area contributed by atoms with Crippen molar-refractivity contribution in [3.8, 4) is 5.69 Å². The molecule has 0 aliphatic carbocycles. The van der Waals surface area contributed by atoms with E-state index < -0.39 is 40.5 Å². The maximum Gasteiger partial charge on any atom is 0.392 e. The predicted molar refractivity (Wildman–Crippen MR) is 97.4 cm³/mol. The molecule has 0 spiro atoms. The number of esters is 1. The van der Waals surface area contributed by atoms with Crippen LogP contribution in [0.3, 0.4) is 0 Å². The number of ether oxygens (including phenoxy) is 1. The van der Waals surface area contributed by atoms with E-state index in [4.69, 9.17) is 4.74 Å². The number of hydrogen-bond donors (Lipinski definition) is 1. The van der Waals surface area contributed by atoms with Crippen molar-refractivity contribution in [2.24, 2.45) is 0 Å². The first kappa shape index (κ1) is 19.9. The summed E-state index contributed by atoms with van der Waals surface area (Å²) in [6.45, 7) is 0. The van der Waals surface area contributed by atoms with Crippen molar-refractivity contribution in [3.05, 3.63) is 66.0 Å². The van der Waals surface area contributed by atoms with Gasteiger partial charge in [-0.1, -0.05) is 42.5 Å². The van der Waals surface area contributed by atoms with Gasteiger partial charge in [0.15, 0.2) is 0 Å². The predicted octanol–water partition coefficient (Wildman–Crippen LogP) is 3.23. The van der Waals surface area contributed by atoms with Crippen LogP contribution in [0.1, 0.15) is 28.7 Å². The summed E-state index contributed by atoms with van der Waals surface area (Å²) < 4.78 is 71.8. The molecule has 30 heavy (non-hydrogen) atoms. The Hall–Kier alpha value is -3.41. The number of hydrogen-bond acceptors (Lipinski definition) is 6. The highest BCUT2D eigenvalue weighted by molar-refractivity contribution is 7.92. The van der Waals surface area contributed by atoms with Gasteiger partial charge in [-0.15, -0.1) is 5.10 Å². The van der Waals surface area contributed by atoms with Gasteiger partial charge in [0.05, 0.1) is 12.1 Å². The van der Waals surface area contributed by atoms with E-state index in [-0.39, 0.29) is 22.1 Å². The average Bonchev–Trinajstić information content (AvgIpc) is 3.11. The lowest BCUT2D eigenvalue weighted by Gasteiger charge is -2.19. The fourth-order valence-corrected chi connectivity index (χ4v) is 4.12. The standard InChI is InChI=1S/C18H13F3N4O4S/c19-18(20,21)10-13(11-6-2-1-3-7-11)29-16(26)15-22-17-24-30(27,28)14-9-5-4-8-12(14)25(17)23-15/h1-9,13H,10H2,(H,22,23,24). The molecule has 2 heterocycles. The summed E-state index contributed by atoms with van der Waals surface area (Å²) in [5, 5.41) is 3.92. The number of halogens is 3. The second kappa shape index (κ2) is 7.13. The van der Waals surface area contributed by atoms with Gasteiger partial charge in [-0.3, -0.25) is 0 Å². The average molecular weight is 438 g/mol. The summed E-state index contributed by atoms with van der Waals surface area (Å²) in [6, 6.07) is 13.3. The molecule has 3 aromatic rings. The zero-order valence-electron chi connectivity index (χ0n) is 15.0. The number of nitrogens with zero attached hydrogens (tertiary/aromatic N) is 3. The van der Waals surface area contributed by atoms with Crippen molar-refractivity contribution >= 4 is 21.9 Å². The summed E-state index contributed by atoms with van der Waals surface area (Å²) in [5.74, 6) is -2.06. The highest BCUT2D eigenvalue weighted by Gasteiger charge is 2.36. The van der Waals surface area contributed by atoms with Gasteiger partial charge in [0.2, 0.25) is 5.95 Å². The number of carbonyl (C=O) groups is 1. The molecule has 1 aliphatic heterocycles. The van der Waals surface area contributed by atoms with Crippen molar-refractivity contribution in [3.63, 3.8) is 0 Å². The molecule has 0 fully saturated rings. The van der Waals surface area contributed by atoms with Gasteiger partial charge in [0, 0.05) is 0 Å². The summed E-state index contributed by atoms with van der Waals surface area (Å²) in [4.78, 5) is 16.2. The van der Waals surface area contributed by atoms with Crippen LogP contribution in [0.15, 0.2) is 59.5 Å². The van der Waals surface area contributed by atoms with Crippen LogP contribution in [0.2, 0.25) is 0 Å². The normalized spacial score (nSPS) is 15.4. The summed E-state index contributed by atoms with van der Waals surface area (Å²) in [5.41, 5.74) is 0.297. The Kier molecular flexibility index (Phi) is 4.73. The molecule has 0 radical (unpaired) electrons. The van der Waals surface area contributed by atoms with Gasteiger partial charge in [0.25, 0.3) is 15.8 Å². The van der Waals surface area contributed by atoms with Crippen LogP contribution in [0.25, 0.3) is 5.69 Å². The van der Waals surface area contributed by atoms with Crippen molar-refractivity contribution in [1.29, 1.82) is 0 Å². The van der Waals surface area contributed by atoms with Crippen LogP contribution in [0.5, 0.6) is 0 Å². The van der Waals surface area contributed by atoms with Crippen molar-refractivity contribution in [2.75, 3.05) is 4.72 Å². The minimum atomic E-state index is -4.59. The smallest absolute Gasteiger partial charge is 0.392 e. The number of nitrogens with one attached hydrogen (secondary N) is 1. The van der Waals surface area contributed by atoms with Gasteiger partial charge >= 0.3 is 12.1 Å². The molecule has 0 amide bonds. The Morgan fingerprint density at radius 2 is 1.77 bits per heavy atom. The lowest BCUT2D eigenvalue weighted by atomic mass is 10.1. The van der Waals surface area contributed by atoms with Gasteiger partial charge in [0.1, 0.15) is 11.0 Å². The lowest BCUT2D eigenvalue weighted by molar-refractivity contribution is -0.155. The first-order valence-electron chi connectivity index (χ1n) is 8.56. The van der Waals surface area contributed by atoms with E-state index in [0.29, 0.717) is 0 Å². The fourth-order valence-electron chi connectivity index (χ4n) is 2.95. The first-order valence-corrected chi connectivity index (χ1v) is 10.0. The van der Waals surface area contributed by atoms with Crippen molar-refractivity contribution < 1.29 is 31.1 Å². The third-order valence-corrected chi connectivity index (χ3v) is 5.61. The lowest BCUT2D eigenvalue weighted by Crippen LogP contribution is -2.23. The molecule has 2 aromatic carbocycles. The quantitative estimate of drug-likeness (QED) is 0.628. The molecule has 1 aromatic heterocycles. The number of rotatable bonds is 4. The molecule has 1 unspecified atom stereocenters. The molecule has 1 N–H and O–H groups in total. The molecular formula is C18H13F3N4O4S. The van der Waals surface area contributed by atoms with Gasteiger partial charge in [-0.05, 0) is 17.7 Å². The number of anilines is 1. The Labute approximate surface area is 168 Å². The highest BCUT2D eigenvalue weighted by Crippen LogP contribution is 2.33. The molecule has 1 aliphatic rings. The van der Waals surface area contributed by atoms with Crippen LogP contribution in [0.4, 0.5) is 19.1 Å². The van der Waals surface area contributed by atoms with Crippen molar-refractivity contribution in [2.45, 2.75) is 23.6 Å². The fraction of sp³-hybridized carbons (Fsp3) is 0.167. The third kappa shape index (κ3) is 3.85. The molecule has 4 rings (SSSR count). The molecule has 8 nitrogen and oxygen atoms in total. The molecule has 156 valence electrons. The molecule has 0 saturated heterocycles. The number of benzene rings is 2. The minimum absolute atomic E-state index is 0.0819. The Bertz CT molecular complexity index is 1210. The Balaban J connectivity index is 1.66. The summed E-state index contributed by atoms with van der Waals surface area (Å²) in [6.07, 6.45) is -7.59. The van der Waals surface area contributed by atoms with E-state index in [0.717, 1.165) is 4.68 Å². The van der Waals surface area contributed by atoms with E-state index in [2.05, 4.69) is 14.8 Å². The molecule has 1 atom stereocenters. The third-order valence-electron chi connectivity index (χ3n) is 4.24. The number of carbonyl (C=O) groups excluding carboxylic acids is 1. The van der Waals surface area contributed by atoms with Crippen LogP contribution in [-0.4, -0.2) is 35.3 Å². The topological polar surface area (TPSA) is 103 Å². The number of aromatic nitrogens is 3. The zero-order chi connectivity index (χ0) is 21.5. The van der Waals surface area contributed by atoms with Crippen LogP contribution in [-0.2, 0) is 14.8 Å². The molecule has 0 saturated carbocycles. The van der Waals surface area contributed by atoms with Gasteiger partial charge in [-0.25, -0.2) is 17.9 Å². The summed E-state index contributed by atoms with van der Waals surface area (Å²) in [7, 11) is -3.93. The minimum Gasteiger partial charge on any atom is -0.451 e. The second-order valence-corrected chi connectivity index (χ2v) is 8.02. The van der Waals surface area contributed by atoms with E-state index in [1.54, 1.807) is 12.1 Å². The van der Waals surface area contributed by atoms with Crippen LogP contribution < -0.4 is 4.72 Å². The van der Waals surface area contributed by atoms with Crippen molar-refractivity contribution in [1.82, 2.24) is 14.8 Å². The second-order valence-electron chi connectivity index (χ2n) is 6.37. The maximum atomic E-state index is 13.0. The van der Waals surface area contributed by atoms with Gasteiger partial charge in [-0.2, -0.15) is 22.8 Å². The highest BCUT2D eigenvalue weighted by atomic mass is 32.2. The monoisotopic (exact) mass is 438 g/mol. The number of para-hydroxylation sites is 1. The number of sulfonamides is 1.